The quantitative estimate of drug-likeness (QED) is 0.169. The van der Waals surface area contributed by atoms with Gasteiger partial charge in [-0.3, -0.25) is 0 Å². The topological polar surface area (TPSA) is 38.7 Å². The Morgan fingerprint density at radius 3 is 1.59 bits per heavy atom. The minimum Gasteiger partial charge on any atom is -0.208 e. The molecule has 11 rings (SSSR count). The van der Waals surface area contributed by atoms with E-state index in [1.807, 2.05) is 72.8 Å². The van der Waals surface area contributed by atoms with Crippen LogP contribution in [-0.2, 0) is 0 Å². The molecule has 0 saturated heterocycles. The van der Waals surface area contributed by atoms with E-state index in [0.29, 0.717) is 11.1 Å². The summed E-state index contributed by atoms with van der Waals surface area (Å²) in [5.41, 5.74) is 4.99. The Labute approximate surface area is 347 Å². The second-order valence-electron chi connectivity index (χ2n) is 13.1. The molecule has 0 radical (unpaired) electrons. The molecule has 0 aliphatic carbocycles. The van der Waals surface area contributed by atoms with Gasteiger partial charge in [0.1, 0.15) is 0 Å². The molecule has 8 aromatic carbocycles. The molecule has 3 heterocycles. The van der Waals surface area contributed by atoms with E-state index in [1.54, 1.807) is 11.3 Å². The maximum atomic E-state index is 9.62. The summed E-state index contributed by atoms with van der Waals surface area (Å²) < 4.78 is 99.9. The summed E-state index contributed by atoms with van der Waals surface area (Å²) in [5, 5.41) is 2.34. The third-order valence-electron chi connectivity index (χ3n) is 9.78. The fourth-order valence-corrected chi connectivity index (χ4v) is 9.54. The lowest BCUT2D eigenvalue weighted by Gasteiger charge is -2.10. The highest BCUT2D eigenvalue weighted by Gasteiger charge is 2.17. The number of hydrogen-bond acceptors (Lipinski definition) is 5. The lowest BCUT2D eigenvalue weighted by molar-refractivity contribution is 1.07. The van der Waals surface area contributed by atoms with Crippen molar-refractivity contribution in [1.29, 1.82) is 0 Å². The predicted octanol–water partition coefficient (Wildman–Crippen LogP) is 14.6. The third kappa shape index (κ3) is 5.60. The number of nitrogens with zero attached hydrogens (tertiary/aromatic N) is 3. The molecule has 262 valence electrons. The molecule has 3 nitrogen and oxygen atoms in total. The average molecular weight is 761 g/mol. The summed E-state index contributed by atoms with van der Waals surface area (Å²) in [5.74, 6) is 0.490. The average Bonchev–Trinajstić information content (AvgIpc) is 3.96. The van der Waals surface area contributed by atoms with Gasteiger partial charge in [0.05, 0.1) is 15.1 Å². The third-order valence-corrected chi connectivity index (χ3v) is 12.1. The molecule has 0 saturated carbocycles. The second-order valence-corrected chi connectivity index (χ2v) is 15.1. The Balaban J connectivity index is 1.08. The van der Waals surface area contributed by atoms with Crippen LogP contribution in [0.1, 0.15) is 15.1 Å². The standard InChI is InChI=1S/C51H31N3S2/c1-4-13-32(14-5-1)38-19-12-24-44-46(38)43-30-29-37(31-45(43)55-44)51-53-49(35-17-8-3-9-18-35)52-50(54-51)36-27-25-34(26-28-36)40-21-11-23-42-41-22-10-20-39(47(41)56-48(40)42)33-15-6-2-7-16-33/h1-31H/i1D,4D,5D,12D,13D,14D,19D,24D,29D,30D,31D. The zero-order valence-electron chi connectivity index (χ0n) is 40.2. The smallest absolute Gasteiger partial charge is 0.164 e. The van der Waals surface area contributed by atoms with Crippen molar-refractivity contribution >= 4 is 63.0 Å². The van der Waals surface area contributed by atoms with Crippen LogP contribution < -0.4 is 0 Å². The molecule has 0 aliphatic rings. The van der Waals surface area contributed by atoms with E-state index >= 15 is 0 Å². The summed E-state index contributed by atoms with van der Waals surface area (Å²) in [4.78, 5) is 14.5. The summed E-state index contributed by atoms with van der Waals surface area (Å²) in [6.45, 7) is 0. The number of aromatic nitrogens is 3. The van der Waals surface area contributed by atoms with Gasteiger partial charge in [-0.1, -0.05) is 176 Å². The van der Waals surface area contributed by atoms with Crippen LogP contribution in [0, 0.1) is 0 Å². The van der Waals surface area contributed by atoms with Crippen molar-refractivity contribution in [2.75, 3.05) is 0 Å². The first-order chi connectivity index (χ1) is 32.3. The van der Waals surface area contributed by atoms with Crippen LogP contribution in [0.25, 0.3) is 108 Å². The summed E-state index contributed by atoms with van der Waals surface area (Å²) >= 11 is 2.66. The first kappa shape index (κ1) is 23.2. The van der Waals surface area contributed by atoms with E-state index < -0.39 is 54.4 Å². The minimum absolute atomic E-state index is 0.00699. The molecule has 56 heavy (non-hydrogen) atoms. The zero-order valence-corrected chi connectivity index (χ0v) is 30.8. The molecule has 0 unspecified atom stereocenters. The molecule has 11 aromatic rings. The van der Waals surface area contributed by atoms with Crippen molar-refractivity contribution in [2.24, 2.45) is 0 Å². The van der Waals surface area contributed by atoms with E-state index in [2.05, 4.69) is 48.5 Å². The van der Waals surface area contributed by atoms with Crippen molar-refractivity contribution in [3.05, 3.63) is 188 Å². The van der Waals surface area contributed by atoms with Gasteiger partial charge in [0.15, 0.2) is 17.5 Å². The lowest BCUT2D eigenvalue weighted by Crippen LogP contribution is -2.00. The highest BCUT2D eigenvalue weighted by molar-refractivity contribution is 7.27. The maximum Gasteiger partial charge on any atom is 0.164 e. The summed E-state index contributed by atoms with van der Waals surface area (Å²) in [6.07, 6.45) is 0. The highest BCUT2D eigenvalue weighted by Crippen LogP contribution is 2.44. The molecule has 5 heteroatoms. The van der Waals surface area contributed by atoms with Gasteiger partial charge in [-0.25, -0.2) is 15.0 Å². The lowest BCUT2D eigenvalue weighted by atomic mass is 9.99. The van der Waals surface area contributed by atoms with Crippen molar-refractivity contribution in [3.8, 4) is 67.5 Å². The Kier molecular flexibility index (Phi) is 5.59. The largest absolute Gasteiger partial charge is 0.208 e. The van der Waals surface area contributed by atoms with Crippen LogP contribution in [0.3, 0.4) is 0 Å². The van der Waals surface area contributed by atoms with Gasteiger partial charge in [-0.05, 0) is 45.5 Å². The van der Waals surface area contributed by atoms with E-state index in [0.717, 1.165) is 32.7 Å². The number of thiophene rings is 2. The van der Waals surface area contributed by atoms with Crippen LogP contribution in [-0.4, -0.2) is 15.0 Å². The molecule has 0 N–H and O–H groups in total. The minimum atomic E-state index is -0.652. The highest BCUT2D eigenvalue weighted by atomic mass is 32.1. The zero-order chi connectivity index (χ0) is 46.6. The van der Waals surface area contributed by atoms with Gasteiger partial charge in [-0.2, -0.15) is 0 Å². The molecule has 0 aliphatic heterocycles. The monoisotopic (exact) mass is 760 g/mol. The Hall–Kier alpha value is -6.79. The predicted molar refractivity (Wildman–Crippen MR) is 238 cm³/mol. The molecular formula is C51H31N3S2. The van der Waals surface area contributed by atoms with Gasteiger partial charge in [-0.15, -0.1) is 22.7 Å². The van der Waals surface area contributed by atoms with Gasteiger partial charge in [0.25, 0.3) is 0 Å². The SMILES string of the molecule is [2H]c1c([2H])c([2H])c(-c2c([2H])c([2H])c([2H])c3sc4c([2H])c(-c5nc(-c6ccccc6)nc(-c6ccc(-c7cccc8c7sc7c(-c9ccccc9)cccc78)cc6)n5)c([2H])c([2H])c4c23)c([2H])c1[2H]. The van der Waals surface area contributed by atoms with Gasteiger partial charge in [0, 0.05) is 57.0 Å². The van der Waals surface area contributed by atoms with Crippen LogP contribution in [0.2, 0.25) is 0 Å². The van der Waals surface area contributed by atoms with Crippen LogP contribution >= 0.6 is 22.7 Å². The van der Waals surface area contributed by atoms with Crippen LogP contribution in [0.4, 0.5) is 0 Å². The number of rotatable bonds is 6. The summed E-state index contributed by atoms with van der Waals surface area (Å²) in [6, 6.07) is 34.4. The molecule has 0 fully saturated rings. The number of fused-ring (bicyclic) bond motifs is 6. The van der Waals surface area contributed by atoms with Crippen LogP contribution in [0.5, 0.6) is 0 Å². The fraction of sp³-hybridized carbons (Fsp3) is 0. The Bertz CT molecular complexity index is 3850. The van der Waals surface area contributed by atoms with Crippen molar-refractivity contribution in [2.45, 2.75) is 0 Å². The fourth-order valence-electron chi connectivity index (χ4n) is 7.15. The van der Waals surface area contributed by atoms with Gasteiger partial charge in [0.2, 0.25) is 0 Å². The van der Waals surface area contributed by atoms with E-state index in [9.17, 15) is 4.11 Å². The Morgan fingerprint density at radius 2 is 0.929 bits per heavy atom. The normalized spacial score (nSPS) is 14.3. The second kappa shape index (κ2) is 13.5. The van der Waals surface area contributed by atoms with E-state index in [-0.39, 0.29) is 66.4 Å². The van der Waals surface area contributed by atoms with Crippen LogP contribution in [0.15, 0.2) is 188 Å². The van der Waals surface area contributed by atoms with E-state index in [4.69, 9.17) is 25.9 Å². The molecule has 0 atom stereocenters. The summed E-state index contributed by atoms with van der Waals surface area (Å²) in [7, 11) is 0. The molecular weight excluding hydrogens is 719 g/mol. The van der Waals surface area contributed by atoms with Gasteiger partial charge >= 0.3 is 0 Å². The van der Waals surface area contributed by atoms with E-state index in [1.165, 1.54) is 21.0 Å². The first-order valence-electron chi connectivity index (χ1n) is 23.3. The molecule has 0 spiro atoms. The van der Waals surface area contributed by atoms with Crippen molar-refractivity contribution in [3.63, 3.8) is 0 Å². The number of benzene rings is 8. The molecule has 3 aromatic heterocycles. The molecule has 0 amide bonds. The molecule has 0 bridgehead atoms. The number of hydrogen-bond donors (Lipinski definition) is 0. The van der Waals surface area contributed by atoms with Crippen molar-refractivity contribution in [1.82, 2.24) is 15.0 Å². The van der Waals surface area contributed by atoms with Crippen molar-refractivity contribution < 1.29 is 15.1 Å². The maximum absolute atomic E-state index is 9.62. The first-order valence-corrected chi connectivity index (χ1v) is 19.4. The van der Waals surface area contributed by atoms with Gasteiger partial charge < -0.3 is 0 Å². The Morgan fingerprint density at radius 1 is 0.357 bits per heavy atom.